The van der Waals surface area contributed by atoms with E-state index in [1.807, 2.05) is 6.07 Å². The number of fused-ring (bicyclic) bond motifs is 1. The van der Waals surface area contributed by atoms with Crippen LogP contribution >= 0.6 is 0 Å². The van der Waals surface area contributed by atoms with Crippen LogP contribution in [0.1, 0.15) is 12.8 Å². The number of hydrogen-bond acceptors (Lipinski definition) is 9. The van der Waals surface area contributed by atoms with E-state index in [0.717, 1.165) is 25.1 Å². The number of amides is 1. The van der Waals surface area contributed by atoms with Crippen LogP contribution in [0, 0.1) is 0 Å². The van der Waals surface area contributed by atoms with Crippen molar-refractivity contribution in [1.82, 2.24) is 29.9 Å². The molecule has 0 aliphatic carbocycles. The van der Waals surface area contributed by atoms with Gasteiger partial charge in [-0.1, -0.05) is 0 Å². The average Bonchev–Trinajstić information content (AvgIpc) is 3.13. The normalized spacial score (nSPS) is 16.6. The topological polar surface area (TPSA) is 164 Å². The summed E-state index contributed by atoms with van der Waals surface area (Å²) < 4.78 is 6.97. The van der Waals surface area contributed by atoms with E-state index in [1.54, 1.807) is 16.8 Å². The molecule has 0 aromatic carbocycles. The molecule has 1 saturated heterocycles. The van der Waals surface area contributed by atoms with Crippen LogP contribution in [-0.4, -0.2) is 73.2 Å². The van der Waals surface area contributed by atoms with Gasteiger partial charge in [0.2, 0.25) is 0 Å². The van der Waals surface area contributed by atoms with Gasteiger partial charge in [0.25, 0.3) is 0 Å². The SMILES string of the molecule is Nc1ncnn2c(-c3ccnc(OCCO)n3)cc(N3CCCC(NC(=O)O)C3)c12. The summed E-state index contributed by atoms with van der Waals surface area (Å²) in [5, 5.41) is 24.9. The number of carboxylic acid groups (broad SMARTS) is 1. The van der Waals surface area contributed by atoms with Crippen molar-refractivity contribution in [3.63, 3.8) is 0 Å². The Balaban J connectivity index is 1.75. The lowest BCUT2D eigenvalue weighted by Gasteiger charge is -2.33. The van der Waals surface area contributed by atoms with Gasteiger partial charge in [0.1, 0.15) is 18.5 Å². The Morgan fingerprint density at radius 2 is 2.27 bits per heavy atom. The number of anilines is 2. The Labute approximate surface area is 171 Å². The fourth-order valence-corrected chi connectivity index (χ4v) is 3.65. The van der Waals surface area contributed by atoms with Gasteiger partial charge < -0.3 is 30.9 Å². The molecule has 5 N–H and O–H groups in total. The standard InChI is InChI=1S/C18H22N8O4/c19-16-15-14(25-5-1-2-11(9-25)23-18(28)29)8-13(26(15)22-10-21-16)12-3-4-20-17(24-12)30-7-6-27/h3-4,8,10-11,23,27H,1-2,5-7,9H2,(H,28,29)(H2,19,21,22). The third-order valence-electron chi connectivity index (χ3n) is 4.87. The van der Waals surface area contributed by atoms with E-state index in [-0.39, 0.29) is 25.3 Å². The van der Waals surface area contributed by atoms with Crippen LogP contribution in [-0.2, 0) is 0 Å². The maximum absolute atomic E-state index is 11.1. The van der Waals surface area contributed by atoms with Crippen LogP contribution in [0.15, 0.2) is 24.7 Å². The number of aliphatic hydroxyl groups is 1. The minimum Gasteiger partial charge on any atom is -0.465 e. The van der Waals surface area contributed by atoms with Crippen molar-refractivity contribution in [1.29, 1.82) is 0 Å². The van der Waals surface area contributed by atoms with Crippen molar-refractivity contribution < 1.29 is 19.7 Å². The number of nitrogens with two attached hydrogens (primary N) is 1. The molecule has 0 saturated carbocycles. The first-order chi connectivity index (χ1) is 14.6. The van der Waals surface area contributed by atoms with E-state index < -0.39 is 6.09 Å². The van der Waals surface area contributed by atoms with Gasteiger partial charge >= 0.3 is 12.1 Å². The average molecular weight is 414 g/mol. The fourth-order valence-electron chi connectivity index (χ4n) is 3.65. The smallest absolute Gasteiger partial charge is 0.404 e. The number of nitrogen functional groups attached to an aromatic ring is 1. The first-order valence-electron chi connectivity index (χ1n) is 9.50. The van der Waals surface area contributed by atoms with Gasteiger partial charge in [-0.25, -0.2) is 19.3 Å². The highest BCUT2D eigenvalue weighted by Gasteiger charge is 2.26. The molecule has 1 fully saturated rings. The van der Waals surface area contributed by atoms with Crippen molar-refractivity contribution >= 4 is 23.1 Å². The van der Waals surface area contributed by atoms with Gasteiger partial charge in [-0.05, 0) is 25.0 Å². The van der Waals surface area contributed by atoms with Gasteiger partial charge in [-0.15, -0.1) is 0 Å². The van der Waals surface area contributed by atoms with Gasteiger partial charge in [-0.3, -0.25) is 0 Å². The molecule has 30 heavy (non-hydrogen) atoms. The number of nitrogens with zero attached hydrogens (tertiary/aromatic N) is 6. The monoisotopic (exact) mass is 414 g/mol. The lowest BCUT2D eigenvalue weighted by Crippen LogP contribution is -2.47. The molecular formula is C18H22N8O4. The number of aliphatic hydroxyl groups excluding tert-OH is 1. The van der Waals surface area contributed by atoms with Crippen molar-refractivity contribution in [3.05, 3.63) is 24.7 Å². The molecule has 0 bridgehead atoms. The second-order valence-corrected chi connectivity index (χ2v) is 6.85. The second-order valence-electron chi connectivity index (χ2n) is 6.85. The predicted octanol–water partition coefficient (Wildman–Crippen LogP) is 0.376. The molecule has 1 aliphatic rings. The lowest BCUT2D eigenvalue weighted by atomic mass is 10.1. The summed E-state index contributed by atoms with van der Waals surface area (Å²) >= 11 is 0. The zero-order chi connectivity index (χ0) is 21.1. The molecule has 4 rings (SSSR count). The molecule has 0 spiro atoms. The van der Waals surface area contributed by atoms with Crippen molar-refractivity contribution in [3.8, 4) is 17.4 Å². The van der Waals surface area contributed by atoms with Gasteiger partial charge in [0, 0.05) is 25.3 Å². The molecular weight excluding hydrogens is 392 g/mol. The van der Waals surface area contributed by atoms with E-state index >= 15 is 0 Å². The third-order valence-corrected chi connectivity index (χ3v) is 4.87. The fraction of sp³-hybridized carbons (Fsp3) is 0.389. The molecule has 0 radical (unpaired) electrons. The van der Waals surface area contributed by atoms with E-state index in [2.05, 4.69) is 30.3 Å². The molecule has 3 aromatic rings. The maximum Gasteiger partial charge on any atom is 0.404 e. The van der Waals surface area contributed by atoms with Gasteiger partial charge in [0.15, 0.2) is 5.82 Å². The van der Waals surface area contributed by atoms with Crippen molar-refractivity contribution in [2.75, 3.05) is 36.9 Å². The zero-order valence-electron chi connectivity index (χ0n) is 16.1. The summed E-state index contributed by atoms with van der Waals surface area (Å²) in [4.78, 5) is 25.7. The summed E-state index contributed by atoms with van der Waals surface area (Å²) in [5.74, 6) is 0.311. The number of rotatable bonds is 6. The number of aromatic nitrogens is 5. The van der Waals surface area contributed by atoms with Crippen LogP contribution in [0.3, 0.4) is 0 Å². The Hall–Kier alpha value is -3.67. The van der Waals surface area contributed by atoms with Crippen molar-refractivity contribution in [2.24, 2.45) is 0 Å². The Kier molecular flexibility index (Phi) is 5.48. The molecule has 1 atom stereocenters. The number of hydrogen-bond donors (Lipinski definition) is 4. The van der Waals surface area contributed by atoms with Crippen LogP contribution in [0.5, 0.6) is 6.01 Å². The molecule has 3 aromatic heterocycles. The highest BCUT2D eigenvalue weighted by Crippen LogP contribution is 2.34. The largest absolute Gasteiger partial charge is 0.465 e. The molecule has 1 aliphatic heterocycles. The Bertz CT molecular complexity index is 1060. The van der Waals surface area contributed by atoms with Crippen molar-refractivity contribution in [2.45, 2.75) is 18.9 Å². The molecule has 1 amide bonds. The van der Waals surface area contributed by atoms with Crippen LogP contribution in [0.2, 0.25) is 0 Å². The summed E-state index contributed by atoms with van der Waals surface area (Å²) in [5.41, 5.74) is 8.83. The number of carbonyl (C=O) groups is 1. The summed E-state index contributed by atoms with van der Waals surface area (Å²) in [6, 6.07) is 3.59. The minimum atomic E-state index is -1.04. The van der Waals surface area contributed by atoms with E-state index in [4.69, 9.17) is 20.7 Å². The quantitative estimate of drug-likeness (QED) is 0.443. The lowest BCUT2D eigenvalue weighted by molar-refractivity contribution is 0.188. The van der Waals surface area contributed by atoms with E-state index in [9.17, 15) is 4.79 Å². The molecule has 12 nitrogen and oxygen atoms in total. The number of ether oxygens (including phenoxy) is 1. The summed E-state index contributed by atoms with van der Waals surface area (Å²) in [6.45, 7) is 1.20. The van der Waals surface area contributed by atoms with Gasteiger partial charge in [0.05, 0.1) is 23.7 Å². The first-order valence-corrected chi connectivity index (χ1v) is 9.50. The summed E-state index contributed by atoms with van der Waals surface area (Å²) in [7, 11) is 0. The zero-order valence-corrected chi connectivity index (χ0v) is 16.1. The Morgan fingerprint density at radius 3 is 3.07 bits per heavy atom. The third kappa shape index (κ3) is 3.89. The van der Waals surface area contributed by atoms with Gasteiger partial charge in [-0.2, -0.15) is 10.1 Å². The highest BCUT2D eigenvalue weighted by atomic mass is 16.5. The molecule has 12 heteroatoms. The van der Waals surface area contributed by atoms with Crippen LogP contribution < -0.4 is 20.7 Å². The molecule has 158 valence electrons. The van der Waals surface area contributed by atoms with Crippen LogP contribution in [0.4, 0.5) is 16.3 Å². The molecule has 4 heterocycles. The maximum atomic E-state index is 11.1. The highest BCUT2D eigenvalue weighted by molar-refractivity contribution is 5.88. The predicted molar refractivity (Wildman–Crippen MR) is 107 cm³/mol. The summed E-state index contributed by atoms with van der Waals surface area (Å²) in [6.07, 6.45) is 3.49. The van der Waals surface area contributed by atoms with Crippen LogP contribution in [0.25, 0.3) is 16.9 Å². The molecule has 1 unspecified atom stereocenters. The number of piperidine rings is 1. The number of nitrogens with one attached hydrogen (secondary N) is 1. The minimum absolute atomic E-state index is 0.0878. The Morgan fingerprint density at radius 1 is 1.40 bits per heavy atom. The first kappa shape index (κ1) is 19.6. The van der Waals surface area contributed by atoms with E-state index in [1.165, 1.54) is 6.33 Å². The second kappa shape index (κ2) is 8.37. The van der Waals surface area contributed by atoms with E-state index in [0.29, 0.717) is 29.3 Å².